The minimum Gasteiger partial charge on any atom is -0.393 e. The van der Waals surface area contributed by atoms with Crippen molar-refractivity contribution in [3.63, 3.8) is 0 Å². The van der Waals surface area contributed by atoms with Crippen molar-refractivity contribution in [1.82, 2.24) is 9.38 Å². The zero-order valence-corrected chi connectivity index (χ0v) is 14.3. The van der Waals surface area contributed by atoms with Gasteiger partial charge in [-0.25, -0.2) is 4.98 Å². The van der Waals surface area contributed by atoms with Crippen LogP contribution in [-0.4, -0.2) is 35.7 Å². The summed E-state index contributed by atoms with van der Waals surface area (Å²) in [4.78, 5) is 20.5. The highest BCUT2D eigenvalue weighted by Crippen LogP contribution is 2.32. The summed E-state index contributed by atoms with van der Waals surface area (Å²) in [6, 6.07) is 11.8. The highest BCUT2D eigenvalue weighted by atomic mass is 32.1. The van der Waals surface area contributed by atoms with Crippen molar-refractivity contribution >= 4 is 48.9 Å². The molecular formula is C18H16N4O2S. The summed E-state index contributed by atoms with van der Waals surface area (Å²) < 4.78 is 8.51. The molecule has 7 heteroatoms. The van der Waals surface area contributed by atoms with Gasteiger partial charge in [-0.15, -0.1) is 11.3 Å². The number of hydrogen-bond donors (Lipinski definition) is 1. The van der Waals surface area contributed by atoms with Gasteiger partial charge in [0.1, 0.15) is 16.3 Å². The summed E-state index contributed by atoms with van der Waals surface area (Å²) in [5.74, 6) is 0.865. The van der Waals surface area contributed by atoms with Gasteiger partial charge in [0.15, 0.2) is 5.65 Å². The summed E-state index contributed by atoms with van der Waals surface area (Å²) in [7, 11) is 0. The molecular weight excluding hydrogens is 336 g/mol. The fourth-order valence-corrected chi connectivity index (χ4v) is 4.47. The van der Waals surface area contributed by atoms with Crippen LogP contribution in [0.3, 0.4) is 0 Å². The lowest BCUT2D eigenvalue weighted by Gasteiger charge is -2.27. The van der Waals surface area contributed by atoms with E-state index in [0.717, 1.165) is 34.0 Å². The van der Waals surface area contributed by atoms with Crippen molar-refractivity contribution in [1.29, 1.82) is 0 Å². The number of nitrogen functional groups attached to an aromatic ring is 1. The summed E-state index contributed by atoms with van der Waals surface area (Å²) in [6.45, 7) is 2.99. The molecule has 1 aliphatic rings. The van der Waals surface area contributed by atoms with Crippen LogP contribution in [0.15, 0.2) is 41.2 Å². The van der Waals surface area contributed by atoms with Crippen molar-refractivity contribution in [3.8, 4) is 0 Å². The van der Waals surface area contributed by atoms with Crippen LogP contribution >= 0.6 is 11.3 Å². The summed E-state index contributed by atoms with van der Waals surface area (Å²) in [5.41, 5.74) is 7.97. The van der Waals surface area contributed by atoms with Crippen LogP contribution in [-0.2, 0) is 4.74 Å². The van der Waals surface area contributed by atoms with Crippen molar-refractivity contribution in [2.45, 2.75) is 0 Å². The molecule has 5 rings (SSSR count). The van der Waals surface area contributed by atoms with Crippen LogP contribution in [0.25, 0.3) is 26.1 Å². The first kappa shape index (κ1) is 14.7. The number of aromatic nitrogens is 2. The summed E-state index contributed by atoms with van der Waals surface area (Å²) in [5, 5.41) is 0.551. The molecule has 1 saturated heterocycles. The number of para-hydroxylation sites is 1. The minimum atomic E-state index is -0.150. The average molecular weight is 352 g/mol. The van der Waals surface area contributed by atoms with E-state index in [1.807, 2.05) is 40.8 Å². The van der Waals surface area contributed by atoms with Gasteiger partial charge in [0, 0.05) is 13.1 Å². The van der Waals surface area contributed by atoms with E-state index in [4.69, 9.17) is 15.5 Å². The Morgan fingerprint density at radius 2 is 1.92 bits per heavy atom. The van der Waals surface area contributed by atoms with Crippen molar-refractivity contribution < 1.29 is 4.74 Å². The third-order valence-corrected chi connectivity index (χ3v) is 5.80. The van der Waals surface area contributed by atoms with Crippen LogP contribution in [0, 0.1) is 0 Å². The van der Waals surface area contributed by atoms with Gasteiger partial charge in [0.25, 0.3) is 0 Å². The fourth-order valence-electron chi connectivity index (χ4n) is 3.37. The Hall–Kier alpha value is -2.64. The molecule has 1 aromatic carbocycles. The topological polar surface area (TPSA) is 72.9 Å². The molecule has 2 N–H and O–H groups in total. The van der Waals surface area contributed by atoms with Gasteiger partial charge < -0.3 is 15.4 Å². The van der Waals surface area contributed by atoms with E-state index in [2.05, 4.69) is 4.90 Å². The lowest BCUT2D eigenvalue weighted by molar-refractivity contribution is 0.122. The molecule has 0 amide bonds. The van der Waals surface area contributed by atoms with Crippen LogP contribution in [0.5, 0.6) is 0 Å². The van der Waals surface area contributed by atoms with Gasteiger partial charge in [-0.05, 0) is 24.3 Å². The molecule has 25 heavy (non-hydrogen) atoms. The van der Waals surface area contributed by atoms with E-state index >= 15 is 0 Å². The molecule has 0 spiro atoms. The maximum atomic E-state index is 12.7. The number of nitrogens with zero attached hydrogens (tertiary/aromatic N) is 3. The zero-order chi connectivity index (χ0) is 17.0. The first-order valence-corrected chi connectivity index (χ1v) is 9.01. The summed E-state index contributed by atoms with van der Waals surface area (Å²) in [6.07, 6.45) is 0. The van der Waals surface area contributed by atoms with Gasteiger partial charge in [0.2, 0.25) is 5.43 Å². The Morgan fingerprint density at radius 3 is 2.76 bits per heavy atom. The average Bonchev–Trinajstić information content (AvgIpc) is 3.06. The van der Waals surface area contributed by atoms with Crippen molar-refractivity contribution in [2.24, 2.45) is 0 Å². The number of pyridine rings is 2. The third kappa shape index (κ3) is 2.13. The fraction of sp³-hybridized carbons (Fsp3) is 0.222. The number of rotatable bonds is 1. The molecule has 0 unspecified atom stereocenters. The highest BCUT2D eigenvalue weighted by molar-refractivity contribution is 7.24. The molecule has 6 nitrogen and oxygen atoms in total. The smallest absolute Gasteiger partial charge is 0.215 e. The predicted molar refractivity (Wildman–Crippen MR) is 102 cm³/mol. The highest BCUT2D eigenvalue weighted by Gasteiger charge is 2.18. The number of hydrogen-bond acceptors (Lipinski definition) is 6. The Kier molecular flexibility index (Phi) is 3.19. The lowest BCUT2D eigenvalue weighted by atomic mass is 10.2. The molecule has 3 aromatic heterocycles. The van der Waals surface area contributed by atoms with Gasteiger partial charge in [-0.2, -0.15) is 0 Å². The van der Waals surface area contributed by atoms with Gasteiger partial charge in [-0.3, -0.25) is 9.20 Å². The molecule has 1 fully saturated rings. The van der Waals surface area contributed by atoms with E-state index in [9.17, 15) is 4.79 Å². The van der Waals surface area contributed by atoms with Crippen LogP contribution < -0.4 is 16.1 Å². The van der Waals surface area contributed by atoms with Gasteiger partial charge >= 0.3 is 0 Å². The SMILES string of the molecule is Nc1c(=O)c2ccc(N3CCOCC3)nc2n2c1sc1ccccc12. The number of nitrogens with two attached hydrogens (primary N) is 1. The van der Waals surface area contributed by atoms with E-state index in [-0.39, 0.29) is 11.1 Å². The first-order chi connectivity index (χ1) is 12.2. The first-order valence-electron chi connectivity index (χ1n) is 8.19. The van der Waals surface area contributed by atoms with Crippen molar-refractivity contribution in [3.05, 3.63) is 46.6 Å². The monoisotopic (exact) mass is 352 g/mol. The van der Waals surface area contributed by atoms with Crippen molar-refractivity contribution in [2.75, 3.05) is 36.9 Å². The number of fused-ring (bicyclic) bond motifs is 5. The van der Waals surface area contributed by atoms with E-state index in [1.54, 1.807) is 0 Å². The number of ether oxygens (including phenoxy) is 1. The molecule has 0 bridgehead atoms. The van der Waals surface area contributed by atoms with E-state index in [0.29, 0.717) is 24.2 Å². The van der Waals surface area contributed by atoms with Crippen LogP contribution in [0.2, 0.25) is 0 Å². The molecule has 0 saturated carbocycles. The molecule has 4 aromatic rings. The number of anilines is 2. The Labute approximate surface area is 147 Å². The molecule has 0 atom stereocenters. The summed E-state index contributed by atoms with van der Waals surface area (Å²) >= 11 is 1.52. The normalized spacial score (nSPS) is 15.4. The maximum Gasteiger partial charge on any atom is 0.215 e. The quantitative estimate of drug-likeness (QED) is 0.570. The van der Waals surface area contributed by atoms with E-state index < -0.39 is 0 Å². The molecule has 126 valence electrons. The second-order valence-corrected chi connectivity index (χ2v) is 7.12. The third-order valence-electron chi connectivity index (χ3n) is 4.64. The number of thiazole rings is 1. The van der Waals surface area contributed by atoms with Gasteiger partial charge in [-0.1, -0.05) is 12.1 Å². The standard InChI is InChI=1S/C18H16N4O2S/c19-15-16(23)11-5-6-14(21-7-9-24-10-8-21)20-17(11)22-12-3-1-2-4-13(12)25-18(15)22/h1-6H,7-10,19H2. The Balaban J connectivity index is 1.89. The van der Waals surface area contributed by atoms with Crippen LogP contribution in [0.4, 0.5) is 11.5 Å². The zero-order valence-electron chi connectivity index (χ0n) is 13.4. The molecule has 0 aliphatic carbocycles. The number of morpholine rings is 1. The van der Waals surface area contributed by atoms with Crippen LogP contribution in [0.1, 0.15) is 0 Å². The molecule has 1 aliphatic heterocycles. The van der Waals surface area contributed by atoms with E-state index in [1.165, 1.54) is 11.3 Å². The predicted octanol–water partition coefficient (Wildman–Crippen LogP) is 2.48. The Morgan fingerprint density at radius 1 is 1.12 bits per heavy atom. The second-order valence-electron chi connectivity index (χ2n) is 6.09. The maximum absolute atomic E-state index is 12.7. The van der Waals surface area contributed by atoms with Gasteiger partial charge in [0.05, 0.1) is 28.8 Å². The Bertz CT molecular complexity index is 1170. The molecule has 4 heterocycles. The molecule has 0 radical (unpaired) electrons. The number of benzene rings is 1. The lowest BCUT2D eigenvalue weighted by Crippen LogP contribution is -2.36. The second kappa shape index (κ2) is 5.44. The minimum absolute atomic E-state index is 0.150. The largest absolute Gasteiger partial charge is 0.393 e.